The Labute approximate surface area is 173 Å². The molecule has 0 aromatic rings. The van der Waals surface area contributed by atoms with Gasteiger partial charge in [0.15, 0.2) is 0 Å². The van der Waals surface area contributed by atoms with Gasteiger partial charge in [-0.05, 0) is 38.0 Å². The topological polar surface area (TPSA) is 87.0 Å². The molecule has 1 aliphatic heterocycles. The summed E-state index contributed by atoms with van der Waals surface area (Å²) in [5.74, 6) is 0.436. The summed E-state index contributed by atoms with van der Waals surface area (Å²) in [6, 6.07) is 0. The molecule has 0 radical (unpaired) electrons. The molecule has 3 N–H and O–H groups in total. The van der Waals surface area contributed by atoms with Gasteiger partial charge >= 0.3 is 5.97 Å². The molecule has 162 valence electrons. The third-order valence-corrected chi connectivity index (χ3v) is 7.67. The van der Waals surface area contributed by atoms with Crippen molar-refractivity contribution in [3.63, 3.8) is 0 Å². The molecule has 2 aliphatic rings. The highest BCUT2D eigenvalue weighted by atomic mass is 32.2. The van der Waals surface area contributed by atoms with E-state index in [2.05, 4.69) is 13.0 Å². The first-order valence-electron chi connectivity index (χ1n) is 11.0. The number of esters is 1. The van der Waals surface area contributed by atoms with Crippen molar-refractivity contribution in [3.8, 4) is 0 Å². The highest BCUT2D eigenvalue weighted by Crippen LogP contribution is 2.52. The number of fused-ring (bicyclic) bond motifs is 1. The zero-order valence-electron chi connectivity index (χ0n) is 17.2. The molecule has 2 fully saturated rings. The van der Waals surface area contributed by atoms with Crippen LogP contribution in [0.5, 0.6) is 0 Å². The molecular weight excluding hydrogens is 376 g/mol. The summed E-state index contributed by atoms with van der Waals surface area (Å²) < 4.78 is 4.88. The average molecular weight is 415 g/mol. The minimum absolute atomic E-state index is 0.0885. The van der Waals surface area contributed by atoms with Crippen LogP contribution >= 0.6 is 11.8 Å². The molecule has 28 heavy (non-hydrogen) atoms. The Kier molecular flexibility index (Phi) is 10.9. The van der Waals surface area contributed by atoms with Gasteiger partial charge in [0.2, 0.25) is 0 Å². The fraction of sp³-hybridized carbons (Fsp3) is 0.864. The minimum atomic E-state index is -0.395. The van der Waals surface area contributed by atoms with Gasteiger partial charge in [-0.3, -0.25) is 4.79 Å². The summed E-state index contributed by atoms with van der Waals surface area (Å²) in [6.07, 6.45) is 12.8. The molecule has 2 rings (SSSR count). The highest BCUT2D eigenvalue weighted by molar-refractivity contribution is 8.00. The first-order chi connectivity index (χ1) is 13.5. The number of ether oxygens (including phenoxy) is 1. The maximum atomic E-state index is 11.5. The lowest BCUT2D eigenvalue weighted by molar-refractivity contribution is -0.144. The number of aliphatic hydroxyl groups excluding tert-OH is 3. The number of carbonyl (C=O) groups is 1. The Morgan fingerprint density at radius 3 is 2.82 bits per heavy atom. The number of hydrogen-bond donors (Lipinski definition) is 3. The average Bonchev–Trinajstić information content (AvgIpc) is 3.18. The second kappa shape index (κ2) is 12.9. The van der Waals surface area contributed by atoms with E-state index in [0.29, 0.717) is 22.8 Å². The predicted octanol–water partition coefficient (Wildman–Crippen LogP) is 3.45. The van der Waals surface area contributed by atoms with Crippen molar-refractivity contribution >= 4 is 17.7 Å². The zero-order valence-corrected chi connectivity index (χ0v) is 18.0. The molecule has 1 saturated carbocycles. The van der Waals surface area contributed by atoms with E-state index in [0.717, 1.165) is 57.8 Å². The third kappa shape index (κ3) is 7.69. The molecule has 5 nitrogen and oxygen atoms in total. The van der Waals surface area contributed by atoms with Crippen LogP contribution in [0.4, 0.5) is 0 Å². The Balaban J connectivity index is 1.69. The molecule has 0 amide bonds. The summed E-state index contributed by atoms with van der Waals surface area (Å²) >= 11 is 2.01. The van der Waals surface area contributed by atoms with Gasteiger partial charge in [-0.25, -0.2) is 0 Å². The summed E-state index contributed by atoms with van der Waals surface area (Å²) in [7, 11) is 0. The smallest absolute Gasteiger partial charge is 0.305 e. The van der Waals surface area contributed by atoms with Gasteiger partial charge in [0.25, 0.3) is 0 Å². The Bertz CT molecular complexity index is 484. The van der Waals surface area contributed by atoms with Crippen LogP contribution in [-0.2, 0) is 9.53 Å². The van der Waals surface area contributed by atoms with E-state index in [4.69, 9.17) is 9.84 Å². The maximum absolute atomic E-state index is 11.5. The van der Waals surface area contributed by atoms with Crippen molar-refractivity contribution in [2.24, 2.45) is 11.8 Å². The van der Waals surface area contributed by atoms with E-state index in [1.807, 2.05) is 17.8 Å². The monoisotopic (exact) mass is 414 g/mol. The van der Waals surface area contributed by atoms with E-state index in [1.165, 1.54) is 0 Å². The number of thioether (sulfide) groups is 1. The van der Waals surface area contributed by atoms with E-state index in [-0.39, 0.29) is 31.2 Å². The van der Waals surface area contributed by atoms with Crippen LogP contribution in [0.25, 0.3) is 0 Å². The van der Waals surface area contributed by atoms with Gasteiger partial charge in [-0.1, -0.05) is 44.8 Å². The number of hydrogen-bond acceptors (Lipinski definition) is 6. The molecular formula is C22H38O5S. The van der Waals surface area contributed by atoms with Gasteiger partial charge in [-0.2, -0.15) is 11.8 Å². The fourth-order valence-electron chi connectivity index (χ4n) is 4.46. The SMILES string of the molecule is CCCCC[C@H](O)/C=C/[C@@H]1[C@H]2CC(CCCCC(=O)OCCO)S[C@@H]2C[C@H]1O. The van der Waals surface area contributed by atoms with Crippen molar-refractivity contribution in [2.75, 3.05) is 13.2 Å². The molecule has 1 aliphatic carbocycles. The lowest BCUT2D eigenvalue weighted by atomic mass is 9.89. The Morgan fingerprint density at radius 2 is 2.07 bits per heavy atom. The first-order valence-corrected chi connectivity index (χ1v) is 12.0. The minimum Gasteiger partial charge on any atom is -0.463 e. The van der Waals surface area contributed by atoms with Crippen molar-refractivity contribution in [1.82, 2.24) is 0 Å². The number of aliphatic hydroxyl groups is 3. The van der Waals surface area contributed by atoms with Gasteiger partial charge in [-0.15, -0.1) is 0 Å². The predicted molar refractivity (Wildman–Crippen MR) is 113 cm³/mol. The number of rotatable bonds is 13. The van der Waals surface area contributed by atoms with Crippen molar-refractivity contribution in [2.45, 2.75) is 93.8 Å². The van der Waals surface area contributed by atoms with Gasteiger partial charge < -0.3 is 20.1 Å². The van der Waals surface area contributed by atoms with E-state index in [1.54, 1.807) is 0 Å². The second-order valence-electron chi connectivity index (χ2n) is 8.21. The van der Waals surface area contributed by atoms with Crippen molar-refractivity contribution < 1.29 is 24.9 Å². The molecule has 0 bridgehead atoms. The summed E-state index contributed by atoms with van der Waals surface area (Å²) in [6.45, 7) is 2.13. The normalized spacial score (nSPS) is 30.6. The van der Waals surface area contributed by atoms with Gasteiger partial charge in [0.05, 0.1) is 18.8 Å². The third-order valence-electron chi connectivity index (χ3n) is 5.96. The van der Waals surface area contributed by atoms with Gasteiger partial charge in [0, 0.05) is 22.8 Å². The van der Waals surface area contributed by atoms with Crippen LogP contribution in [0.2, 0.25) is 0 Å². The summed E-state index contributed by atoms with van der Waals surface area (Å²) in [4.78, 5) is 11.5. The molecule has 1 saturated heterocycles. The molecule has 6 heteroatoms. The molecule has 0 spiro atoms. The van der Waals surface area contributed by atoms with E-state index in [9.17, 15) is 15.0 Å². The van der Waals surface area contributed by atoms with Crippen LogP contribution in [0.15, 0.2) is 12.2 Å². The molecule has 6 atom stereocenters. The molecule has 1 unspecified atom stereocenters. The molecule has 0 aromatic heterocycles. The van der Waals surface area contributed by atoms with Crippen LogP contribution in [0.1, 0.15) is 71.1 Å². The lowest BCUT2D eigenvalue weighted by Gasteiger charge is -2.18. The maximum Gasteiger partial charge on any atom is 0.305 e. The molecule has 1 heterocycles. The second-order valence-corrected chi connectivity index (χ2v) is 9.76. The fourth-order valence-corrected chi connectivity index (χ4v) is 6.39. The molecule has 0 aromatic carbocycles. The van der Waals surface area contributed by atoms with E-state index >= 15 is 0 Å². The Morgan fingerprint density at radius 1 is 1.25 bits per heavy atom. The summed E-state index contributed by atoms with van der Waals surface area (Å²) in [5.41, 5.74) is 0. The van der Waals surface area contributed by atoms with Crippen LogP contribution in [-0.4, -0.2) is 57.2 Å². The van der Waals surface area contributed by atoms with Crippen LogP contribution < -0.4 is 0 Å². The zero-order chi connectivity index (χ0) is 20.4. The number of unbranched alkanes of at least 4 members (excludes halogenated alkanes) is 3. The van der Waals surface area contributed by atoms with Gasteiger partial charge in [0.1, 0.15) is 6.61 Å². The standard InChI is InChI=1S/C22H38O5S/c1-2-3-4-7-16(24)10-11-18-19-14-17(28-21(19)15-20(18)25)8-5-6-9-22(26)27-13-12-23/h10-11,16-21,23-25H,2-9,12-15H2,1H3/b11-10+/t16-,17?,18+,19+,20+,21+/m0/s1. The first kappa shape index (κ1) is 23.7. The quantitative estimate of drug-likeness (QED) is 0.243. The van der Waals surface area contributed by atoms with Crippen LogP contribution in [0, 0.1) is 11.8 Å². The van der Waals surface area contributed by atoms with Crippen molar-refractivity contribution in [1.29, 1.82) is 0 Å². The largest absolute Gasteiger partial charge is 0.463 e. The summed E-state index contributed by atoms with van der Waals surface area (Å²) in [5, 5.41) is 30.3. The Hall–Kier alpha value is -0.560. The van der Waals surface area contributed by atoms with E-state index < -0.39 is 6.10 Å². The highest BCUT2D eigenvalue weighted by Gasteiger charge is 2.47. The number of carbonyl (C=O) groups excluding carboxylic acids is 1. The van der Waals surface area contributed by atoms with Crippen LogP contribution in [0.3, 0.4) is 0 Å². The lowest BCUT2D eigenvalue weighted by Crippen LogP contribution is -2.19. The van der Waals surface area contributed by atoms with Crippen molar-refractivity contribution in [3.05, 3.63) is 12.2 Å².